The number of ether oxygens (including phenoxy) is 1. The minimum atomic E-state index is -0.0735. The number of nitrogens with zero attached hydrogens (tertiary/aromatic N) is 1. The molecule has 3 nitrogen and oxygen atoms in total. The first-order chi connectivity index (χ1) is 17.1. The minimum Gasteiger partial charge on any atom is -0.469 e. The molecule has 0 spiro atoms. The van der Waals surface area contributed by atoms with Crippen LogP contribution in [0.15, 0.2) is 12.2 Å². The maximum Gasteiger partial charge on any atom is 0.305 e. The predicted octanol–water partition coefficient (Wildman–Crippen LogP) is 10.0. The molecule has 0 saturated carbocycles. The normalized spacial score (nSPS) is 12.6. The highest BCUT2D eigenvalue weighted by Gasteiger charge is 2.10. The van der Waals surface area contributed by atoms with Gasteiger partial charge in [-0.2, -0.15) is 0 Å². The highest BCUT2D eigenvalue weighted by molar-refractivity contribution is 5.68. The van der Waals surface area contributed by atoms with E-state index in [4.69, 9.17) is 0 Å². The molecule has 0 rings (SSSR count). The van der Waals surface area contributed by atoms with Gasteiger partial charge in [-0.3, -0.25) is 4.79 Å². The van der Waals surface area contributed by atoms with E-state index in [9.17, 15) is 4.79 Å². The van der Waals surface area contributed by atoms with E-state index in [1.54, 1.807) is 0 Å². The fourth-order valence-corrected chi connectivity index (χ4v) is 4.92. The van der Waals surface area contributed by atoms with Crippen LogP contribution >= 0.6 is 0 Å². The van der Waals surface area contributed by atoms with Gasteiger partial charge in [0.25, 0.3) is 0 Å². The number of hydrogen-bond acceptors (Lipinski definition) is 3. The van der Waals surface area contributed by atoms with E-state index < -0.39 is 0 Å². The molecule has 0 radical (unpaired) electrons. The second kappa shape index (κ2) is 27.8. The topological polar surface area (TPSA) is 29.5 Å². The molecular weight excluding hydrogens is 430 g/mol. The molecule has 0 heterocycles. The molecule has 0 saturated heterocycles. The Hall–Kier alpha value is -0.830. The van der Waals surface area contributed by atoms with E-state index in [1.807, 2.05) is 0 Å². The highest BCUT2D eigenvalue weighted by atomic mass is 16.5. The Morgan fingerprint density at radius 1 is 0.629 bits per heavy atom. The highest BCUT2D eigenvalue weighted by Crippen LogP contribution is 2.17. The van der Waals surface area contributed by atoms with Gasteiger partial charge in [0.2, 0.25) is 0 Å². The van der Waals surface area contributed by atoms with Crippen LogP contribution in [0.1, 0.15) is 161 Å². The number of rotatable bonds is 27. The van der Waals surface area contributed by atoms with Crippen LogP contribution < -0.4 is 0 Å². The minimum absolute atomic E-state index is 0.0735. The average Bonchev–Trinajstić information content (AvgIpc) is 2.85. The third-order valence-corrected chi connectivity index (χ3v) is 7.43. The quantitative estimate of drug-likeness (QED) is 0.0647. The van der Waals surface area contributed by atoms with Crippen LogP contribution in [0.4, 0.5) is 0 Å². The van der Waals surface area contributed by atoms with Crippen molar-refractivity contribution in [2.24, 2.45) is 0 Å². The van der Waals surface area contributed by atoms with E-state index in [0.29, 0.717) is 6.42 Å². The summed E-state index contributed by atoms with van der Waals surface area (Å²) in [5, 5.41) is 0. The lowest BCUT2D eigenvalue weighted by molar-refractivity contribution is -0.140. The maximum absolute atomic E-state index is 11.0. The van der Waals surface area contributed by atoms with Gasteiger partial charge >= 0.3 is 5.97 Å². The zero-order valence-electron chi connectivity index (χ0n) is 24.5. The molecule has 35 heavy (non-hydrogen) atoms. The van der Waals surface area contributed by atoms with Crippen LogP contribution in [0.5, 0.6) is 0 Å². The van der Waals surface area contributed by atoms with Gasteiger partial charge in [-0.1, -0.05) is 122 Å². The number of carbonyl (C=O) groups is 1. The van der Waals surface area contributed by atoms with Crippen LogP contribution in [-0.2, 0) is 9.53 Å². The predicted molar refractivity (Wildman–Crippen MR) is 155 cm³/mol. The molecule has 0 amide bonds. The Balaban J connectivity index is 3.38. The Kier molecular flexibility index (Phi) is 27.1. The van der Waals surface area contributed by atoms with Crippen molar-refractivity contribution in [1.29, 1.82) is 0 Å². The van der Waals surface area contributed by atoms with E-state index in [1.165, 1.54) is 142 Å². The van der Waals surface area contributed by atoms with Crippen LogP contribution in [0.2, 0.25) is 0 Å². The zero-order chi connectivity index (χ0) is 25.8. The number of allylic oxidation sites excluding steroid dienone is 2. The molecule has 0 aromatic rings. The number of unbranched alkanes of at least 4 members (excludes halogenated alkanes) is 18. The first-order valence-corrected chi connectivity index (χ1v) is 15.5. The third-order valence-electron chi connectivity index (χ3n) is 7.43. The van der Waals surface area contributed by atoms with E-state index >= 15 is 0 Å². The van der Waals surface area contributed by atoms with Crippen molar-refractivity contribution in [3.05, 3.63) is 12.2 Å². The Labute approximate surface area is 220 Å². The van der Waals surface area contributed by atoms with Crippen LogP contribution in [0.3, 0.4) is 0 Å². The van der Waals surface area contributed by atoms with Gasteiger partial charge in [-0.15, -0.1) is 0 Å². The second-order valence-electron chi connectivity index (χ2n) is 10.9. The number of esters is 1. The molecule has 0 aliphatic carbocycles. The molecule has 0 aromatic carbocycles. The monoisotopic (exact) mass is 493 g/mol. The first kappa shape index (κ1) is 34.2. The molecule has 1 unspecified atom stereocenters. The van der Waals surface area contributed by atoms with E-state index in [2.05, 4.69) is 42.8 Å². The summed E-state index contributed by atoms with van der Waals surface area (Å²) in [6.07, 6.45) is 36.3. The first-order valence-electron chi connectivity index (χ1n) is 15.5. The molecule has 208 valence electrons. The number of carbonyl (C=O) groups excluding carboxylic acids is 1. The van der Waals surface area contributed by atoms with Crippen molar-refractivity contribution in [3.8, 4) is 0 Å². The number of hydrogen-bond donors (Lipinski definition) is 0. The molecule has 0 aliphatic rings. The van der Waals surface area contributed by atoms with E-state index in [-0.39, 0.29) is 5.97 Å². The number of methoxy groups -OCH3 is 1. The molecular formula is C32H63NO2. The van der Waals surface area contributed by atoms with Crippen molar-refractivity contribution in [2.75, 3.05) is 21.2 Å². The lowest BCUT2D eigenvalue weighted by Crippen LogP contribution is -2.27. The molecule has 0 aromatic heterocycles. The van der Waals surface area contributed by atoms with Gasteiger partial charge in [-0.25, -0.2) is 0 Å². The van der Waals surface area contributed by atoms with Crippen molar-refractivity contribution >= 4 is 5.97 Å². The van der Waals surface area contributed by atoms with Crippen LogP contribution in [-0.4, -0.2) is 38.1 Å². The summed E-state index contributed by atoms with van der Waals surface area (Å²) < 4.78 is 4.67. The largest absolute Gasteiger partial charge is 0.469 e. The molecule has 3 heteroatoms. The second-order valence-corrected chi connectivity index (χ2v) is 10.9. The van der Waals surface area contributed by atoms with Crippen molar-refractivity contribution in [2.45, 2.75) is 167 Å². The maximum atomic E-state index is 11.0. The molecule has 0 fully saturated rings. The summed E-state index contributed by atoms with van der Waals surface area (Å²) in [5.41, 5.74) is 0. The molecule has 1 atom stereocenters. The summed E-state index contributed by atoms with van der Waals surface area (Å²) in [6.45, 7) is 2.30. The Morgan fingerprint density at radius 3 is 1.46 bits per heavy atom. The third kappa shape index (κ3) is 26.1. The van der Waals surface area contributed by atoms with Gasteiger partial charge in [0, 0.05) is 12.5 Å². The Bertz CT molecular complexity index is 460. The van der Waals surface area contributed by atoms with Crippen LogP contribution in [0.25, 0.3) is 0 Å². The van der Waals surface area contributed by atoms with E-state index in [0.717, 1.165) is 18.9 Å². The van der Waals surface area contributed by atoms with Crippen LogP contribution in [0, 0.1) is 0 Å². The summed E-state index contributed by atoms with van der Waals surface area (Å²) >= 11 is 0. The fourth-order valence-electron chi connectivity index (χ4n) is 4.92. The van der Waals surface area contributed by atoms with Crippen molar-refractivity contribution in [3.63, 3.8) is 0 Å². The summed E-state index contributed by atoms with van der Waals surface area (Å²) in [5.74, 6) is -0.0735. The average molecular weight is 494 g/mol. The smallest absolute Gasteiger partial charge is 0.305 e. The summed E-state index contributed by atoms with van der Waals surface area (Å²) in [4.78, 5) is 13.5. The van der Waals surface area contributed by atoms with Gasteiger partial charge in [0.15, 0.2) is 0 Å². The summed E-state index contributed by atoms with van der Waals surface area (Å²) in [7, 11) is 6.01. The van der Waals surface area contributed by atoms with Crippen molar-refractivity contribution < 1.29 is 9.53 Å². The zero-order valence-corrected chi connectivity index (χ0v) is 24.5. The Morgan fingerprint density at radius 2 is 1.03 bits per heavy atom. The van der Waals surface area contributed by atoms with Gasteiger partial charge in [0.05, 0.1) is 7.11 Å². The van der Waals surface area contributed by atoms with Crippen molar-refractivity contribution in [1.82, 2.24) is 4.90 Å². The van der Waals surface area contributed by atoms with Gasteiger partial charge < -0.3 is 9.64 Å². The SMILES string of the molecule is CCCCCCCCC(CCCCCCCCCC/C=C\CCCCCCCC(=O)OC)N(C)C. The standard InChI is InChI=1S/C32H63NO2/c1-5-6-7-8-22-25-28-31(33(2)3)29-26-23-20-18-16-14-12-10-9-11-13-15-17-19-21-24-27-30-32(34)35-4/h11,13,31H,5-10,12,14-30H2,1-4H3/b13-11-. The van der Waals surface area contributed by atoms with Gasteiger partial charge in [-0.05, 0) is 59.0 Å². The lowest BCUT2D eigenvalue weighted by Gasteiger charge is -2.24. The molecule has 0 aliphatic heterocycles. The summed E-state index contributed by atoms with van der Waals surface area (Å²) in [6, 6.07) is 0.798. The molecule has 0 N–H and O–H groups in total. The van der Waals surface area contributed by atoms with Gasteiger partial charge in [0.1, 0.15) is 0 Å². The lowest BCUT2D eigenvalue weighted by atomic mass is 9.99. The molecule has 0 bridgehead atoms. The fraction of sp³-hybridized carbons (Fsp3) is 0.906.